The predicted molar refractivity (Wildman–Crippen MR) is 110 cm³/mol. The van der Waals surface area contributed by atoms with Crippen molar-refractivity contribution in [2.24, 2.45) is 0 Å². The molecule has 1 aliphatic rings. The summed E-state index contributed by atoms with van der Waals surface area (Å²) in [5.74, 6) is 0.877. The van der Waals surface area contributed by atoms with Crippen LogP contribution in [0, 0.1) is 0 Å². The Bertz CT molecular complexity index is 923. The van der Waals surface area contributed by atoms with Crippen molar-refractivity contribution in [2.45, 2.75) is 19.0 Å². The summed E-state index contributed by atoms with van der Waals surface area (Å²) < 4.78 is 7.76. The molecule has 1 aliphatic heterocycles. The Morgan fingerprint density at radius 1 is 1.11 bits per heavy atom. The van der Waals surface area contributed by atoms with Gasteiger partial charge in [-0.25, -0.2) is 0 Å². The molecule has 0 amide bonds. The smallest absolute Gasteiger partial charge is 0.169 e. The Kier molecular flexibility index (Phi) is 4.81. The molecule has 3 heterocycles. The van der Waals surface area contributed by atoms with Gasteiger partial charge in [-0.3, -0.25) is 4.98 Å². The predicted octanol–water partition coefficient (Wildman–Crippen LogP) is 3.87. The van der Waals surface area contributed by atoms with Crippen LogP contribution in [0.4, 0.5) is 0 Å². The zero-order valence-corrected chi connectivity index (χ0v) is 16.2. The lowest BCUT2D eigenvalue weighted by Crippen LogP contribution is -2.25. The second-order valence-corrected chi connectivity index (χ2v) is 6.85. The van der Waals surface area contributed by atoms with Crippen LogP contribution in [0.25, 0.3) is 5.69 Å². The van der Waals surface area contributed by atoms with Gasteiger partial charge in [0.1, 0.15) is 5.75 Å². The normalized spacial score (nSPS) is 19.2. The van der Waals surface area contributed by atoms with Crippen molar-refractivity contribution in [2.75, 3.05) is 13.7 Å². The van der Waals surface area contributed by atoms with E-state index >= 15 is 0 Å². The number of hydrogen-bond acceptors (Lipinski definition) is 3. The van der Waals surface area contributed by atoms with Gasteiger partial charge in [-0.15, -0.1) is 0 Å². The summed E-state index contributed by atoms with van der Waals surface area (Å²) in [5, 5.41) is 4.16. The molecule has 0 spiro atoms. The van der Waals surface area contributed by atoms with E-state index in [1.807, 2.05) is 50.5 Å². The van der Waals surface area contributed by atoms with Crippen LogP contribution in [-0.2, 0) is 0 Å². The maximum absolute atomic E-state index is 5.56. The van der Waals surface area contributed by atoms with Crippen molar-refractivity contribution in [1.82, 2.24) is 19.8 Å². The molecule has 1 aromatic carbocycles. The van der Waals surface area contributed by atoms with E-state index < -0.39 is 0 Å². The van der Waals surface area contributed by atoms with Crippen LogP contribution in [0.5, 0.6) is 5.75 Å². The van der Waals surface area contributed by atoms with Crippen LogP contribution in [0.2, 0.25) is 0 Å². The first-order chi connectivity index (χ1) is 13.2. The number of ether oxygens (including phenoxy) is 1. The molecular formula is C21H22N4OS. The minimum Gasteiger partial charge on any atom is -0.494 e. The van der Waals surface area contributed by atoms with Gasteiger partial charge in [0.05, 0.1) is 24.4 Å². The Morgan fingerprint density at radius 3 is 2.63 bits per heavy atom. The third kappa shape index (κ3) is 3.28. The molecule has 0 saturated carbocycles. The lowest BCUT2D eigenvalue weighted by Gasteiger charge is -2.25. The molecule has 0 unspecified atom stereocenters. The Morgan fingerprint density at radius 2 is 1.93 bits per heavy atom. The third-order valence-electron chi connectivity index (χ3n) is 4.85. The van der Waals surface area contributed by atoms with Crippen molar-refractivity contribution in [3.8, 4) is 11.4 Å². The number of hydrogen-bond donors (Lipinski definition) is 1. The summed E-state index contributed by atoms with van der Waals surface area (Å²) in [6.07, 6.45) is 3.90. The largest absolute Gasteiger partial charge is 0.494 e. The summed E-state index contributed by atoms with van der Waals surface area (Å²) in [6, 6.07) is 18.4. The monoisotopic (exact) mass is 378 g/mol. The lowest BCUT2D eigenvalue weighted by molar-refractivity contribution is 0.340. The molecule has 3 aromatic rings. The van der Waals surface area contributed by atoms with Crippen molar-refractivity contribution in [3.63, 3.8) is 0 Å². The van der Waals surface area contributed by atoms with Gasteiger partial charge in [0, 0.05) is 30.8 Å². The standard InChI is InChI=1S/C21H22N4OS/c1-3-26-16-11-9-15(10-12-16)25-14-6-8-18(25)20-19(23-21(27)24(20)2)17-7-4-5-13-22-17/h4-14,19-20H,3H2,1-2H3,(H,23,27)/t19-,20-/m1/s1. The number of nitrogens with one attached hydrogen (secondary N) is 1. The van der Waals surface area contributed by atoms with Crippen molar-refractivity contribution in [3.05, 3.63) is 78.4 Å². The van der Waals surface area contributed by atoms with E-state index in [-0.39, 0.29) is 12.1 Å². The van der Waals surface area contributed by atoms with E-state index in [1.165, 1.54) is 0 Å². The van der Waals surface area contributed by atoms with E-state index in [9.17, 15) is 0 Å². The Balaban J connectivity index is 1.72. The molecule has 1 fully saturated rings. The number of benzene rings is 1. The van der Waals surface area contributed by atoms with E-state index in [0.29, 0.717) is 6.61 Å². The molecule has 0 radical (unpaired) electrons. The second kappa shape index (κ2) is 7.40. The van der Waals surface area contributed by atoms with E-state index in [1.54, 1.807) is 0 Å². The van der Waals surface area contributed by atoms with Crippen LogP contribution < -0.4 is 10.1 Å². The molecule has 4 rings (SSSR count). The fourth-order valence-corrected chi connectivity index (χ4v) is 3.81. The number of thiocarbonyl (C=S) groups is 1. The fourth-order valence-electron chi connectivity index (χ4n) is 3.57. The fraction of sp³-hybridized carbons (Fsp3) is 0.238. The zero-order chi connectivity index (χ0) is 18.8. The van der Waals surface area contributed by atoms with Gasteiger partial charge in [-0.1, -0.05) is 6.07 Å². The molecule has 2 aromatic heterocycles. The second-order valence-electron chi connectivity index (χ2n) is 6.47. The number of rotatable bonds is 5. The zero-order valence-electron chi connectivity index (χ0n) is 15.4. The van der Waals surface area contributed by atoms with E-state index in [2.05, 4.69) is 50.2 Å². The van der Waals surface area contributed by atoms with Crippen LogP contribution in [0.3, 0.4) is 0 Å². The number of aromatic nitrogens is 2. The topological polar surface area (TPSA) is 42.3 Å². The minimum absolute atomic E-state index is 0.0000444. The molecule has 6 heteroatoms. The van der Waals surface area contributed by atoms with E-state index in [4.69, 9.17) is 17.0 Å². The van der Waals surface area contributed by atoms with Crippen molar-refractivity contribution >= 4 is 17.3 Å². The molecule has 1 N–H and O–H groups in total. The first-order valence-electron chi connectivity index (χ1n) is 9.04. The average Bonchev–Trinajstić information content (AvgIpc) is 3.28. The van der Waals surface area contributed by atoms with Crippen LogP contribution in [0.1, 0.15) is 30.4 Å². The highest BCUT2D eigenvalue weighted by Crippen LogP contribution is 2.38. The van der Waals surface area contributed by atoms with Crippen LogP contribution in [0.15, 0.2) is 67.0 Å². The summed E-state index contributed by atoms with van der Waals surface area (Å²) in [6.45, 7) is 2.65. The summed E-state index contributed by atoms with van der Waals surface area (Å²) >= 11 is 5.54. The van der Waals surface area contributed by atoms with Gasteiger partial charge < -0.3 is 19.5 Å². The highest BCUT2D eigenvalue weighted by atomic mass is 32.1. The Labute approximate surface area is 164 Å². The minimum atomic E-state index is 0.0000444. The molecule has 2 atom stereocenters. The van der Waals surface area contributed by atoms with Crippen molar-refractivity contribution in [1.29, 1.82) is 0 Å². The van der Waals surface area contributed by atoms with Crippen molar-refractivity contribution < 1.29 is 4.74 Å². The van der Waals surface area contributed by atoms with E-state index in [0.717, 1.165) is 27.9 Å². The highest BCUT2D eigenvalue weighted by Gasteiger charge is 2.39. The van der Waals surface area contributed by atoms with Gasteiger partial charge >= 0.3 is 0 Å². The number of pyridine rings is 1. The lowest BCUT2D eigenvalue weighted by atomic mass is 10.0. The Hall–Kier alpha value is -2.86. The SMILES string of the molecule is CCOc1ccc(-n2cccc2[C@@H]2[C@@H](c3ccccn3)NC(=S)N2C)cc1. The van der Waals surface area contributed by atoms with Gasteiger partial charge in [0.2, 0.25) is 0 Å². The first kappa shape index (κ1) is 17.5. The molecule has 138 valence electrons. The van der Waals surface area contributed by atoms with Gasteiger partial charge in [-0.05, 0) is 67.7 Å². The maximum atomic E-state index is 5.56. The number of nitrogens with zero attached hydrogens (tertiary/aromatic N) is 3. The van der Waals surface area contributed by atoms with Gasteiger partial charge in [0.25, 0.3) is 0 Å². The summed E-state index contributed by atoms with van der Waals surface area (Å²) in [4.78, 5) is 6.66. The quantitative estimate of drug-likeness (QED) is 0.683. The highest BCUT2D eigenvalue weighted by molar-refractivity contribution is 7.80. The molecule has 0 aliphatic carbocycles. The average molecular weight is 379 g/mol. The molecule has 27 heavy (non-hydrogen) atoms. The molecule has 1 saturated heterocycles. The first-order valence-corrected chi connectivity index (χ1v) is 9.44. The van der Waals surface area contributed by atoms with Gasteiger partial charge in [-0.2, -0.15) is 0 Å². The molecule has 0 bridgehead atoms. The summed E-state index contributed by atoms with van der Waals surface area (Å²) in [5.41, 5.74) is 3.22. The third-order valence-corrected chi connectivity index (χ3v) is 5.25. The van der Waals surface area contributed by atoms with Crippen LogP contribution >= 0.6 is 12.2 Å². The van der Waals surface area contributed by atoms with Crippen LogP contribution in [-0.4, -0.2) is 33.2 Å². The summed E-state index contributed by atoms with van der Waals surface area (Å²) in [7, 11) is 2.03. The van der Waals surface area contributed by atoms with Gasteiger partial charge in [0.15, 0.2) is 5.11 Å². The number of likely N-dealkylation sites (N-methyl/N-ethyl adjacent to an activating group) is 1. The molecule has 5 nitrogen and oxygen atoms in total. The maximum Gasteiger partial charge on any atom is 0.169 e. The molecular weight excluding hydrogens is 356 g/mol.